The van der Waals surface area contributed by atoms with Gasteiger partial charge < -0.3 is 15.6 Å². The molecule has 1 aromatic heterocycles. The summed E-state index contributed by atoms with van der Waals surface area (Å²) in [7, 11) is 0. The zero-order chi connectivity index (χ0) is 13.5. The van der Waals surface area contributed by atoms with Crippen molar-refractivity contribution < 1.29 is 4.79 Å². The molecule has 0 aromatic carbocycles. The highest BCUT2D eigenvalue weighted by atomic mass is 16.2. The average Bonchev–Trinajstić information content (AvgIpc) is 2.68. The Morgan fingerprint density at radius 2 is 2.17 bits per heavy atom. The van der Waals surface area contributed by atoms with Gasteiger partial charge in [-0.15, -0.1) is 0 Å². The molecule has 0 aliphatic carbocycles. The lowest BCUT2D eigenvalue weighted by Crippen LogP contribution is -2.33. The van der Waals surface area contributed by atoms with Crippen LogP contribution >= 0.6 is 0 Å². The molecule has 0 radical (unpaired) electrons. The molecule has 1 rings (SSSR count). The maximum atomic E-state index is 12.1. The second-order valence-electron chi connectivity index (χ2n) is 4.87. The lowest BCUT2D eigenvalue weighted by Gasteiger charge is -2.14. The minimum absolute atomic E-state index is 0.0243. The van der Waals surface area contributed by atoms with Crippen molar-refractivity contribution in [1.29, 1.82) is 0 Å². The van der Waals surface area contributed by atoms with Crippen LogP contribution in [0.15, 0.2) is 12.3 Å². The maximum Gasteiger partial charge on any atom is 0.268 e. The molecule has 0 aliphatic rings. The third-order valence-corrected chi connectivity index (χ3v) is 2.98. The van der Waals surface area contributed by atoms with Gasteiger partial charge in [0.25, 0.3) is 5.91 Å². The SMILES string of the molecule is CCCCC(C)NC(=O)c1cc(N)cn1CCC. The molecule has 1 aromatic rings. The van der Waals surface area contributed by atoms with Crippen LogP contribution in [-0.2, 0) is 6.54 Å². The van der Waals surface area contributed by atoms with Crippen molar-refractivity contribution in [2.24, 2.45) is 0 Å². The summed E-state index contributed by atoms with van der Waals surface area (Å²) in [5, 5.41) is 3.03. The summed E-state index contributed by atoms with van der Waals surface area (Å²) >= 11 is 0. The standard InChI is InChI=1S/C14H25N3O/c1-4-6-7-11(3)16-14(18)13-9-12(15)10-17(13)8-5-2/h9-11H,4-8,15H2,1-3H3,(H,16,18). The number of rotatable bonds is 7. The van der Waals surface area contributed by atoms with Gasteiger partial charge in [0, 0.05) is 18.8 Å². The van der Waals surface area contributed by atoms with Crippen molar-refractivity contribution >= 4 is 11.6 Å². The highest BCUT2D eigenvalue weighted by Crippen LogP contribution is 2.12. The van der Waals surface area contributed by atoms with Gasteiger partial charge in [0.2, 0.25) is 0 Å². The number of nitrogen functional groups attached to an aromatic ring is 1. The number of unbranched alkanes of at least 4 members (excludes halogenated alkanes) is 1. The zero-order valence-electron chi connectivity index (χ0n) is 11.7. The first-order chi connectivity index (χ1) is 8.58. The van der Waals surface area contributed by atoms with Crippen LogP contribution in [-0.4, -0.2) is 16.5 Å². The van der Waals surface area contributed by atoms with Gasteiger partial charge in [0.05, 0.1) is 5.69 Å². The Hall–Kier alpha value is -1.45. The van der Waals surface area contributed by atoms with E-state index in [0.29, 0.717) is 11.4 Å². The predicted octanol–water partition coefficient (Wildman–Crippen LogP) is 2.79. The molecule has 1 unspecified atom stereocenters. The van der Waals surface area contributed by atoms with Crippen molar-refractivity contribution in [2.45, 2.75) is 59.0 Å². The molecular weight excluding hydrogens is 226 g/mol. The Balaban J connectivity index is 2.65. The van der Waals surface area contributed by atoms with Crippen LogP contribution in [0.2, 0.25) is 0 Å². The van der Waals surface area contributed by atoms with Gasteiger partial charge in [-0.25, -0.2) is 0 Å². The summed E-state index contributed by atoms with van der Waals surface area (Å²) in [4.78, 5) is 12.1. The van der Waals surface area contributed by atoms with Crippen LogP contribution in [0.3, 0.4) is 0 Å². The van der Waals surface area contributed by atoms with E-state index in [-0.39, 0.29) is 11.9 Å². The van der Waals surface area contributed by atoms with Gasteiger partial charge >= 0.3 is 0 Å². The number of anilines is 1. The van der Waals surface area contributed by atoms with Gasteiger partial charge in [0.1, 0.15) is 5.69 Å². The van der Waals surface area contributed by atoms with Crippen LogP contribution in [0.4, 0.5) is 5.69 Å². The van der Waals surface area contributed by atoms with E-state index in [1.807, 2.05) is 17.7 Å². The number of aromatic nitrogens is 1. The Morgan fingerprint density at radius 1 is 1.44 bits per heavy atom. The highest BCUT2D eigenvalue weighted by molar-refractivity contribution is 5.94. The van der Waals surface area contributed by atoms with Crippen LogP contribution in [0.25, 0.3) is 0 Å². The number of nitrogens with zero attached hydrogens (tertiary/aromatic N) is 1. The number of hydrogen-bond donors (Lipinski definition) is 2. The normalized spacial score (nSPS) is 12.4. The third kappa shape index (κ3) is 4.09. The molecular formula is C14H25N3O. The van der Waals surface area contributed by atoms with Gasteiger partial charge in [-0.3, -0.25) is 4.79 Å². The Labute approximate surface area is 110 Å². The summed E-state index contributed by atoms with van der Waals surface area (Å²) in [6, 6.07) is 1.96. The molecule has 18 heavy (non-hydrogen) atoms. The van der Waals surface area contributed by atoms with E-state index in [9.17, 15) is 4.79 Å². The Bertz CT molecular complexity index is 384. The highest BCUT2D eigenvalue weighted by Gasteiger charge is 2.14. The van der Waals surface area contributed by atoms with E-state index < -0.39 is 0 Å². The lowest BCUT2D eigenvalue weighted by atomic mass is 10.1. The molecule has 0 spiro atoms. The van der Waals surface area contributed by atoms with Crippen molar-refractivity contribution in [2.75, 3.05) is 5.73 Å². The number of hydrogen-bond acceptors (Lipinski definition) is 2. The molecule has 0 saturated carbocycles. The quantitative estimate of drug-likeness (QED) is 0.782. The van der Waals surface area contributed by atoms with E-state index in [1.54, 1.807) is 6.07 Å². The van der Waals surface area contributed by atoms with E-state index in [2.05, 4.69) is 19.2 Å². The second-order valence-corrected chi connectivity index (χ2v) is 4.87. The molecule has 0 bridgehead atoms. The van der Waals surface area contributed by atoms with Gasteiger partial charge in [-0.1, -0.05) is 26.7 Å². The maximum absolute atomic E-state index is 12.1. The number of nitrogens with one attached hydrogen (secondary N) is 1. The molecule has 4 heteroatoms. The molecule has 3 N–H and O–H groups in total. The summed E-state index contributed by atoms with van der Waals surface area (Å²) in [5.41, 5.74) is 7.07. The van der Waals surface area contributed by atoms with E-state index >= 15 is 0 Å². The molecule has 1 amide bonds. The minimum Gasteiger partial charge on any atom is -0.397 e. The summed E-state index contributed by atoms with van der Waals surface area (Å²) < 4.78 is 1.93. The topological polar surface area (TPSA) is 60.1 Å². The fraction of sp³-hybridized carbons (Fsp3) is 0.643. The molecule has 4 nitrogen and oxygen atoms in total. The second kappa shape index (κ2) is 7.09. The van der Waals surface area contributed by atoms with Crippen molar-refractivity contribution in [3.63, 3.8) is 0 Å². The first kappa shape index (κ1) is 14.6. The third-order valence-electron chi connectivity index (χ3n) is 2.98. The van der Waals surface area contributed by atoms with Gasteiger partial charge in [-0.2, -0.15) is 0 Å². The summed E-state index contributed by atoms with van der Waals surface area (Å²) in [6.07, 6.45) is 6.13. The monoisotopic (exact) mass is 251 g/mol. The number of carbonyl (C=O) groups excluding carboxylic acids is 1. The van der Waals surface area contributed by atoms with Gasteiger partial charge in [-0.05, 0) is 25.8 Å². The molecule has 1 heterocycles. The van der Waals surface area contributed by atoms with Gasteiger partial charge in [0.15, 0.2) is 0 Å². The average molecular weight is 251 g/mol. The lowest BCUT2D eigenvalue weighted by molar-refractivity contribution is 0.0928. The number of nitrogens with two attached hydrogens (primary N) is 1. The number of aryl methyl sites for hydroxylation is 1. The Morgan fingerprint density at radius 3 is 2.78 bits per heavy atom. The fourth-order valence-electron chi connectivity index (χ4n) is 2.03. The van der Waals surface area contributed by atoms with E-state index in [4.69, 9.17) is 5.73 Å². The number of carbonyl (C=O) groups is 1. The molecule has 0 saturated heterocycles. The predicted molar refractivity (Wildman–Crippen MR) is 75.6 cm³/mol. The van der Waals surface area contributed by atoms with Crippen LogP contribution in [0.1, 0.15) is 56.9 Å². The summed E-state index contributed by atoms with van der Waals surface area (Å²) in [5.74, 6) is -0.0243. The van der Waals surface area contributed by atoms with Crippen molar-refractivity contribution in [3.05, 3.63) is 18.0 Å². The first-order valence-electron chi connectivity index (χ1n) is 6.85. The molecule has 0 fully saturated rings. The van der Waals surface area contributed by atoms with E-state index in [1.165, 1.54) is 0 Å². The Kier molecular flexibility index (Phi) is 5.75. The largest absolute Gasteiger partial charge is 0.397 e. The smallest absolute Gasteiger partial charge is 0.268 e. The molecule has 0 aliphatic heterocycles. The van der Waals surface area contributed by atoms with Crippen LogP contribution < -0.4 is 11.1 Å². The molecule has 1 atom stereocenters. The summed E-state index contributed by atoms with van der Waals surface area (Å²) in [6.45, 7) is 7.11. The fourth-order valence-corrected chi connectivity index (χ4v) is 2.03. The first-order valence-corrected chi connectivity index (χ1v) is 6.85. The van der Waals surface area contributed by atoms with Crippen LogP contribution in [0.5, 0.6) is 0 Å². The minimum atomic E-state index is -0.0243. The van der Waals surface area contributed by atoms with Crippen molar-refractivity contribution in [1.82, 2.24) is 9.88 Å². The van der Waals surface area contributed by atoms with E-state index in [0.717, 1.165) is 32.2 Å². The zero-order valence-corrected chi connectivity index (χ0v) is 11.7. The number of amides is 1. The van der Waals surface area contributed by atoms with Crippen LogP contribution in [0, 0.1) is 0 Å². The molecule has 102 valence electrons. The van der Waals surface area contributed by atoms with Crippen molar-refractivity contribution in [3.8, 4) is 0 Å².